The van der Waals surface area contributed by atoms with E-state index >= 15 is 0 Å². The molecule has 0 atom stereocenters. The van der Waals surface area contributed by atoms with Gasteiger partial charge in [-0.2, -0.15) is 8.42 Å². The molecule has 2 aromatic carbocycles. The topological polar surface area (TPSA) is 104 Å². The number of nitrogens with one attached hydrogen (secondary N) is 1. The molecule has 0 radical (unpaired) electrons. The van der Waals surface area contributed by atoms with Gasteiger partial charge >= 0.3 is 0 Å². The van der Waals surface area contributed by atoms with Crippen LogP contribution in [0, 0.1) is 0 Å². The van der Waals surface area contributed by atoms with Crippen molar-refractivity contribution in [3.8, 4) is 0 Å². The SMILES string of the molecule is CCCCCCCN(CC)CCCCc1ccc(NS(C)(=O)=O)cc1.O=S(=O)(O)c1ccccc1. The number of aryl methyl sites for hydroxylation is 1. The Balaban J connectivity index is 0.000000507. The highest BCUT2D eigenvalue weighted by Gasteiger charge is 2.06. The van der Waals surface area contributed by atoms with Gasteiger partial charge in [-0.1, -0.05) is 69.9 Å². The summed E-state index contributed by atoms with van der Waals surface area (Å²) >= 11 is 0. The van der Waals surface area contributed by atoms with E-state index in [2.05, 4.69) is 23.5 Å². The molecule has 2 rings (SSSR count). The predicted molar refractivity (Wildman–Crippen MR) is 145 cm³/mol. The Labute approximate surface area is 212 Å². The predicted octanol–water partition coefficient (Wildman–Crippen LogP) is 5.61. The molecule has 2 aromatic rings. The van der Waals surface area contributed by atoms with E-state index < -0.39 is 20.1 Å². The van der Waals surface area contributed by atoms with Gasteiger partial charge in [0, 0.05) is 5.69 Å². The molecule has 198 valence electrons. The van der Waals surface area contributed by atoms with Crippen LogP contribution < -0.4 is 4.72 Å². The van der Waals surface area contributed by atoms with Crippen LogP contribution in [-0.4, -0.2) is 52.2 Å². The summed E-state index contributed by atoms with van der Waals surface area (Å²) in [6.07, 6.45) is 11.3. The van der Waals surface area contributed by atoms with E-state index in [-0.39, 0.29) is 4.90 Å². The number of anilines is 1. The third-order valence-corrected chi connectivity index (χ3v) is 6.99. The Morgan fingerprint density at radius 3 is 1.83 bits per heavy atom. The molecule has 2 N–H and O–H groups in total. The van der Waals surface area contributed by atoms with E-state index in [9.17, 15) is 16.8 Å². The molecule has 0 aliphatic rings. The minimum atomic E-state index is -4.00. The molecule has 0 fully saturated rings. The Hall–Kier alpha value is -1.94. The maximum atomic E-state index is 11.2. The van der Waals surface area contributed by atoms with Crippen molar-refractivity contribution in [3.05, 3.63) is 60.2 Å². The fraction of sp³-hybridized carbons (Fsp3) is 0.538. The number of benzene rings is 2. The van der Waals surface area contributed by atoms with Crippen molar-refractivity contribution in [1.82, 2.24) is 4.90 Å². The van der Waals surface area contributed by atoms with Gasteiger partial charge in [0.15, 0.2) is 0 Å². The first-order valence-corrected chi connectivity index (χ1v) is 15.7. The highest BCUT2D eigenvalue weighted by molar-refractivity contribution is 7.92. The van der Waals surface area contributed by atoms with Crippen molar-refractivity contribution in [3.63, 3.8) is 0 Å². The Kier molecular flexibility index (Phi) is 14.8. The molecule has 0 aliphatic heterocycles. The standard InChI is InChI=1S/C20H36N2O2S.C6H6O3S/c1-4-6-7-8-10-17-22(5-2)18-11-9-12-19-13-15-20(16-14-19)21-25(3,23)24;7-10(8,9)6-4-2-1-3-5-6/h13-16,21H,4-12,17-18H2,1-3H3;1-5H,(H,7,8,9). The minimum absolute atomic E-state index is 0.0741. The van der Waals surface area contributed by atoms with E-state index in [0.29, 0.717) is 5.69 Å². The molecule has 0 unspecified atom stereocenters. The quantitative estimate of drug-likeness (QED) is 0.231. The zero-order valence-electron chi connectivity index (χ0n) is 21.3. The third kappa shape index (κ3) is 15.6. The second-order valence-electron chi connectivity index (χ2n) is 8.66. The third-order valence-electron chi connectivity index (χ3n) is 5.51. The highest BCUT2D eigenvalue weighted by atomic mass is 32.2. The lowest BCUT2D eigenvalue weighted by atomic mass is 10.1. The molecular formula is C26H42N2O5S2. The number of rotatable bonds is 15. The van der Waals surface area contributed by atoms with Crippen LogP contribution in [0.25, 0.3) is 0 Å². The van der Waals surface area contributed by atoms with Gasteiger partial charge in [0.25, 0.3) is 10.1 Å². The molecule has 0 saturated carbocycles. The molecule has 0 heterocycles. The van der Waals surface area contributed by atoms with Gasteiger partial charge in [-0.15, -0.1) is 0 Å². The van der Waals surface area contributed by atoms with Crippen LogP contribution in [0.5, 0.6) is 0 Å². The highest BCUT2D eigenvalue weighted by Crippen LogP contribution is 2.13. The van der Waals surface area contributed by atoms with Crippen molar-refractivity contribution in [2.75, 3.05) is 30.6 Å². The molecule has 7 nitrogen and oxygen atoms in total. The van der Waals surface area contributed by atoms with Crippen LogP contribution in [0.1, 0.15) is 64.4 Å². The van der Waals surface area contributed by atoms with Gasteiger partial charge in [-0.05, 0) is 75.1 Å². The molecule has 0 amide bonds. The van der Waals surface area contributed by atoms with Crippen LogP contribution >= 0.6 is 0 Å². The van der Waals surface area contributed by atoms with Gasteiger partial charge in [-0.25, -0.2) is 8.42 Å². The summed E-state index contributed by atoms with van der Waals surface area (Å²) in [6.45, 7) is 8.05. The molecule has 9 heteroatoms. The van der Waals surface area contributed by atoms with Crippen molar-refractivity contribution in [2.24, 2.45) is 0 Å². The summed E-state index contributed by atoms with van der Waals surface area (Å²) in [5.41, 5.74) is 1.90. The summed E-state index contributed by atoms with van der Waals surface area (Å²) in [4.78, 5) is 2.49. The lowest BCUT2D eigenvalue weighted by Crippen LogP contribution is -2.25. The molecule has 0 spiro atoms. The Morgan fingerprint density at radius 2 is 1.34 bits per heavy atom. The summed E-state index contributed by atoms with van der Waals surface area (Å²) in [5, 5.41) is 0. The van der Waals surface area contributed by atoms with E-state index in [1.165, 1.54) is 82.0 Å². The average Bonchev–Trinajstić information content (AvgIpc) is 2.81. The minimum Gasteiger partial charge on any atom is -0.304 e. The first kappa shape index (κ1) is 31.1. The van der Waals surface area contributed by atoms with Crippen molar-refractivity contribution in [2.45, 2.75) is 70.1 Å². The average molecular weight is 527 g/mol. The molecule has 0 saturated heterocycles. The molecule has 0 bridgehead atoms. The summed E-state index contributed by atoms with van der Waals surface area (Å²) < 4.78 is 54.1. The molecule has 0 aliphatic carbocycles. The maximum absolute atomic E-state index is 11.2. The summed E-state index contributed by atoms with van der Waals surface area (Å²) in [7, 11) is -7.19. The van der Waals surface area contributed by atoms with E-state index in [1.54, 1.807) is 18.2 Å². The lowest BCUT2D eigenvalue weighted by Gasteiger charge is -2.20. The van der Waals surface area contributed by atoms with Crippen LogP contribution in [0.4, 0.5) is 5.69 Å². The van der Waals surface area contributed by atoms with E-state index in [4.69, 9.17) is 4.55 Å². The van der Waals surface area contributed by atoms with E-state index in [0.717, 1.165) is 13.0 Å². The first-order valence-electron chi connectivity index (χ1n) is 12.4. The second kappa shape index (κ2) is 16.7. The largest absolute Gasteiger partial charge is 0.304 e. The van der Waals surface area contributed by atoms with Crippen LogP contribution in [0.3, 0.4) is 0 Å². The van der Waals surface area contributed by atoms with Gasteiger partial charge in [0.05, 0.1) is 11.2 Å². The normalized spacial score (nSPS) is 11.7. The smallest absolute Gasteiger partial charge is 0.294 e. The zero-order chi connectivity index (χ0) is 26.2. The maximum Gasteiger partial charge on any atom is 0.294 e. The van der Waals surface area contributed by atoms with Crippen molar-refractivity contribution < 1.29 is 21.4 Å². The van der Waals surface area contributed by atoms with Gasteiger partial charge in [-0.3, -0.25) is 9.27 Å². The second-order valence-corrected chi connectivity index (χ2v) is 11.8. The zero-order valence-corrected chi connectivity index (χ0v) is 23.0. The summed E-state index contributed by atoms with van der Waals surface area (Å²) in [6, 6.07) is 15.1. The number of sulfonamides is 1. The Morgan fingerprint density at radius 1 is 0.771 bits per heavy atom. The van der Waals surface area contributed by atoms with Crippen LogP contribution in [-0.2, 0) is 26.6 Å². The molecule has 0 aromatic heterocycles. The lowest BCUT2D eigenvalue weighted by molar-refractivity contribution is 0.275. The monoisotopic (exact) mass is 526 g/mol. The van der Waals surface area contributed by atoms with E-state index in [1.807, 2.05) is 24.3 Å². The Bertz CT molecular complexity index is 1030. The van der Waals surface area contributed by atoms with Crippen LogP contribution in [0.2, 0.25) is 0 Å². The van der Waals surface area contributed by atoms with Crippen LogP contribution in [0.15, 0.2) is 59.5 Å². The fourth-order valence-electron chi connectivity index (χ4n) is 3.58. The number of nitrogens with zero attached hydrogens (tertiary/aromatic N) is 1. The first-order chi connectivity index (χ1) is 16.5. The number of unbranched alkanes of at least 4 members (excludes halogenated alkanes) is 5. The van der Waals surface area contributed by atoms with Crippen molar-refractivity contribution in [1.29, 1.82) is 0 Å². The summed E-state index contributed by atoms with van der Waals surface area (Å²) in [5.74, 6) is 0. The molecular weight excluding hydrogens is 484 g/mol. The number of hydrogen-bond acceptors (Lipinski definition) is 5. The van der Waals surface area contributed by atoms with Gasteiger partial charge in [0.2, 0.25) is 10.0 Å². The fourth-order valence-corrected chi connectivity index (χ4v) is 4.64. The number of hydrogen-bond donors (Lipinski definition) is 2. The van der Waals surface area contributed by atoms with Gasteiger partial charge in [0.1, 0.15) is 0 Å². The molecule has 35 heavy (non-hydrogen) atoms. The van der Waals surface area contributed by atoms with Gasteiger partial charge < -0.3 is 4.90 Å². The van der Waals surface area contributed by atoms with Crippen molar-refractivity contribution >= 4 is 25.8 Å².